The maximum atomic E-state index is 5.56. The number of hydrogen-bond donors (Lipinski definition) is 1. The lowest BCUT2D eigenvalue weighted by Crippen LogP contribution is -1.91. The first-order chi connectivity index (χ1) is 8.22. The van der Waals surface area contributed by atoms with E-state index in [1.165, 1.54) is 0 Å². The highest BCUT2D eigenvalue weighted by molar-refractivity contribution is 5.67. The van der Waals surface area contributed by atoms with Gasteiger partial charge in [0.15, 0.2) is 0 Å². The van der Waals surface area contributed by atoms with Crippen LogP contribution >= 0.6 is 0 Å². The van der Waals surface area contributed by atoms with E-state index in [2.05, 4.69) is 4.98 Å². The van der Waals surface area contributed by atoms with Gasteiger partial charge >= 0.3 is 0 Å². The van der Waals surface area contributed by atoms with E-state index in [1.54, 1.807) is 26.5 Å². The van der Waals surface area contributed by atoms with Crippen LogP contribution in [0.15, 0.2) is 36.5 Å². The van der Waals surface area contributed by atoms with Crippen molar-refractivity contribution in [2.75, 3.05) is 20.0 Å². The molecule has 2 aromatic rings. The van der Waals surface area contributed by atoms with Crippen molar-refractivity contribution in [3.05, 3.63) is 36.5 Å². The van der Waals surface area contributed by atoms with E-state index in [-0.39, 0.29) is 0 Å². The third kappa shape index (κ3) is 2.47. The number of ether oxygens (including phenoxy) is 2. The van der Waals surface area contributed by atoms with Gasteiger partial charge in [-0.15, -0.1) is 0 Å². The van der Waals surface area contributed by atoms with Crippen LogP contribution in [-0.2, 0) is 0 Å². The van der Waals surface area contributed by atoms with E-state index in [0.717, 1.165) is 22.6 Å². The Morgan fingerprint density at radius 3 is 2.06 bits per heavy atom. The summed E-state index contributed by atoms with van der Waals surface area (Å²) in [4.78, 5) is 4.06. The largest absolute Gasteiger partial charge is 0.497 e. The molecule has 0 aliphatic heterocycles. The molecule has 2 N–H and O–H groups in total. The van der Waals surface area contributed by atoms with Crippen LogP contribution < -0.4 is 15.2 Å². The number of hydrogen-bond acceptors (Lipinski definition) is 4. The molecule has 0 aliphatic carbocycles. The fourth-order valence-corrected chi connectivity index (χ4v) is 1.55. The predicted octanol–water partition coefficient (Wildman–Crippen LogP) is 2.35. The topological polar surface area (TPSA) is 57.4 Å². The molecule has 0 saturated heterocycles. The molecule has 0 spiro atoms. The minimum Gasteiger partial charge on any atom is -0.497 e. The first-order valence-corrected chi connectivity index (χ1v) is 5.18. The zero-order valence-electron chi connectivity index (χ0n) is 9.81. The summed E-state index contributed by atoms with van der Waals surface area (Å²) in [5.74, 6) is 2.00. The van der Waals surface area contributed by atoms with E-state index in [4.69, 9.17) is 15.2 Å². The molecule has 0 bridgehead atoms. The molecule has 2 rings (SSSR count). The molecule has 1 aromatic heterocycles. The van der Waals surface area contributed by atoms with Gasteiger partial charge in [-0.2, -0.15) is 0 Å². The Labute approximate surface area is 100 Å². The fourth-order valence-electron chi connectivity index (χ4n) is 1.55. The van der Waals surface area contributed by atoms with Crippen LogP contribution in [0.3, 0.4) is 0 Å². The number of methoxy groups -OCH3 is 2. The number of nitrogens with two attached hydrogens (primary N) is 1. The second-order valence-corrected chi connectivity index (χ2v) is 3.57. The molecular weight excluding hydrogens is 216 g/mol. The molecule has 0 radical (unpaired) electrons. The molecule has 1 heterocycles. The van der Waals surface area contributed by atoms with Gasteiger partial charge in [-0.05, 0) is 29.8 Å². The number of anilines is 1. The Morgan fingerprint density at radius 2 is 1.59 bits per heavy atom. The average Bonchev–Trinajstić information content (AvgIpc) is 2.39. The monoisotopic (exact) mass is 230 g/mol. The lowest BCUT2D eigenvalue weighted by Gasteiger charge is -2.08. The van der Waals surface area contributed by atoms with Crippen LogP contribution in [0, 0.1) is 0 Å². The van der Waals surface area contributed by atoms with Crippen molar-refractivity contribution in [3.63, 3.8) is 0 Å². The maximum absolute atomic E-state index is 5.56. The second kappa shape index (κ2) is 4.74. The third-order valence-electron chi connectivity index (χ3n) is 2.47. The van der Waals surface area contributed by atoms with Crippen molar-refractivity contribution in [1.29, 1.82) is 0 Å². The van der Waals surface area contributed by atoms with Gasteiger partial charge < -0.3 is 15.2 Å². The number of nitrogen functional groups attached to an aromatic ring is 1. The van der Waals surface area contributed by atoms with Gasteiger partial charge in [0, 0.05) is 17.8 Å². The molecule has 17 heavy (non-hydrogen) atoms. The maximum Gasteiger partial charge on any atom is 0.123 e. The number of pyridine rings is 1. The zero-order chi connectivity index (χ0) is 12.3. The Hall–Kier alpha value is -2.23. The summed E-state index contributed by atoms with van der Waals surface area (Å²) >= 11 is 0. The van der Waals surface area contributed by atoms with Crippen molar-refractivity contribution in [2.45, 2.75) is 0 Å². The lowest BCUT2D eigenvalue weighted by molar-refractivity contribution is 0.394. The standard InChI is InChI=1S/C13H14N2O2/c1-16-11-5-10(6-12(7-11)17-2)9-3-4-13(14)15-8-9/h3-8H,1-2H3,(H2,14,15). The second-order valence-electron chi connectivity index (χ2n) is 3.57. The lowest BCUT2D eigenvalue weighted by atomic mass is 10.1. The predicted molar refractivity (Wildman–Crippen MR) is 67.2 cm³/mol. The van der Waals surface area contributed by atoms with E-state index in [9.17, 15) is 0 Å². The highest BCUT2D eigenvalue weighted by Crippen LogP contribution is 2.29. The van der Waals surface area contributed by atoms with Gasteiger partial charge in [-0.3, -0.25) is 0 Å². The van der Waals surface area contributed by atoms with Crippen molar-refractivity contribution in [1.82, 2.24) is 4.98 Å². The summed E-state index contributed by atoms with van der Waals surface area (Å²) in [6.07, 6.45) is 1.73. The molecule has 4 heteroatoms. The first kappa shape index (κ1) is 11.3. The van der Waals surface area contributed by atoms with Gasteiger partial charge in [-0.25, -0.2) is 4.98 Å². The van der Waals surface area contributed by atoms with Crippen molar-refractivity contribution < 1.29 is 9.47 Å². The van der Waals surface area contributed by atoms with Crippen LogP contribution in [-0.4, -0.2) is 19.2 Å². The van der Waals surface area contributed by atoms with Crippen LogP contribution in [0.4, 0.5) is 5.82 Å². The third-order valence-corrected chi connectivity index (χ3v) is 2.47. The first-order valence-electron chi connectivity index (χ1n) is 5.18. The quantitative estimate of drug-likeness (QED) is 0.879. The zero-order valence-corrected chi connectivity index (χ0v) is 9.81. The van der Waals surface area contributed by atoms with E-state index < -0.39 is 0 Å². The van der Waals surface area contributed by atoms with E-state index >= 15 is 0 Å². The summed E-state index contributed by atoms with van der Waals surface area (Å²) < 4.78 is 10.4. The number of rotatable bonds is 3. The minimum absolute atomic E-state index is 0.503. The SMILES string of the molecule is COc1cc(OC)cc(-c2ccc(N)nc2)c1. The molecule has 4 nitrogen and oxygen atoms in total. The summed E-state index contributed by atoms with van der Waals surface area (Å²) in [5, 5.41) is 0. The van der Waals surface area contributed by atoms with Crippen molar-refractivity contribution in [3.8, 4) is 22.6 Å². The van der Waals surface area contributed by atoms with Crippen molar-refractivity contribution >= 4 is 5.82 Å². The molecule has 0 fully saturated rings. The van der Waals surface area contributed by atoms with Gasteiger partial charge in [0.05, 0.1) is 14.2 Å². The Morgan fingerprint density at radius 1 is 0.941 bits per heavy atom. The minimum atomic E-state index is 0.503. The molecule has 0 aliphatic rings. The van der Waals surface area contributed by atoms with E-state index in [0.29, 0.717) is 5.82 Å². The summed E-state index contributed by atoms with van der Waals surface area (Å²) in [5.41, 5.74) is 7.51. The van der Waals surface area contributed by atoms with Crippen molar-refractivity contribution in [2.24, 2.45) is 0 Å². The highest BCUT2D eigenvalue weighted by atomic mass is 16.5. The molecule has 0 unspecified atom stereocenters. The number of aromatic nitrogens is 1. The van der Waals surface area contributed by atoms with E-state index in [1.807, 2.05) is 24.3 Å². The fraction of sp³-hybridized carbons (Fsp3) is 0.154. The average molecular weight is 230 g/mol. The molecule has 88 valence electrons. The highest BCUT2D eigenvalue weighted by Gasteiger charge is 2.04. The van der Waals surface area contributed by atoms with Gasteiger partial charge in [0.2, 0.25) is 0 Å². The van der Waals surface area contributed by atoms with Gasteiger partial charge in [0.25, 0.3) is 0 Å². The Balaban J connectivity index is 2.46. The van der Waals surface area contributed by atoms with Gasteiger partial charge in [0.1, 0.15) is 17.3 Å². The van der Waals surface area contributed by atoms with Gasteiger partial charge in [-0.1, -0.05) is 0 Å². The molecular formula is C13H14N2O2. The number of benzene rings is 1. The normalized spacial score (nSPS) is 10.0. The Kier molecular flexibility index (Phi) is 3.14. The summed E-state index contributed by atoms with van der Waals surface area (Å²) in [6.45, 7) is 0. The molecule has 0 saturated carbocycles. The Bertz CT molecular complexity index is 487. The summed E-state index contributed by atoms with van der Waals surface area (Å²) in [6, 6.07) is 9.36. The number of nitrogens with zero attached hydrogens (tertiary/aromatic N) is 1. The molecule has 0 amide bonds. The van der Waals surface area contributed by atoms with Crippen LogP contribution in [0.5, 0.6) is 11.5 Å². The van der Waals surface area contributed by atoms with Crippen LogP contribution in [0.2, 0.25) is 0 Å². The van der Waals surface area contributed by atoms with Crippen LogP contribution in [0.1, 0.15) is 0 Å². The molecule has 1 aromatic carbocycles. The van der Waals surface area contributed by atoms with Crippen LogP contribution in [0.25, 0.3) is 11.1 Å². The molecule has 0 atom stereocenters. The summed E-state index contributed by atoms with van der Waals surface area (Å²) in [7, 11) is 3.25. The smallest absolute Gasteiger partial charge is 0.123 e.